The predicted octanol–water partition coefficient (Wildman–Crippen LogP) is 1.19. The second-order valence-corrected chi connectivity index (χ2v) is 11.4. The molecular formula is C22H29F3N10O3S. The molecule has 0 saturated carbocycles. The van der Waals surface area contributed by atoms with E-state index >= 15 is 0 Å². The quantitative estimate of drug-likeness (QED) is 0.458. The summed E-state index contributed by atoms with van der Waals surface area (Å²) in [5, 5.41) is 2.82. The molecule has 2 saturated heterocycles. The summed E-state index contributed by atoms with van der Waals surface area (Å²) < 4.78 is 73.9. The van der Waals surface area contributed by atoms with Gasteiger partial charge in [-0.1, -0.05) is 0 Å². The Hall–Kier alpha value is -3.31. The Morgan fingerprint density at radius 2 is 1.74 bits per heavy atom. The average molecular weight is 571 g/mol. The Balaban J connectivity index is 1.67. The largest absolute Gasteiger partial charge is 0.406 e. The van der Waals surface area contributed by atoms with Gasteiger partial charge < -0.3 is 19.9 Å². The summed E-state index contributed by atoms with van der Waals surface area (Å²) in [7, 11) is -1.80. The fraction of sp³-hybridized carbons (Fsp3) is 0.591. The molecule has 0 aliphatic carbocycles. The smallest absolute Gasteiger partial charge is 0.378 e. The van der Waals surface area contributed by atoms with Gasteiger partial charge in [0.1, 0.15) is 6.54 Å². The Morgan fingerprint density at radius 3 is 2.33 bits per heavy atom. The van der Waals surface area contributed by atoms with Crippen LogP contribution in [-0.2, 0) is 21.3 Å². The number of morpholine rings is 1. The van der Waals surface area contributed by atoms with E-state index in [-0.39, 0.29) is 42.6 Å². The van der Waals surface area contributed by atoms with Crippen molar-refractivity contribution < 1.29 is 26.3 Å². The van der Waals surface area contributed by atoms with Gasteiger partial charge in [0.05, 0.1) is 25.0 Å². The molecule has 2 aliphatic rings. The monoisotopic (exact) mass is 570 g/mol. The molecule has 212 valence electrons. The van der Waals surface area contributed by atoms with Crippen molar-refractivity contribution >= 4 is 38.9 Å². The molecule has 3 aromatic rings. The standard InChI is InChI=1S/C22H29F3N10O3S/c1-14-12-33(4-5-35(14)39(3,36)37)21-29-16-18(32-6-8-38-9-7-32)30-17(15-10-27-20(26-2)28-11-15)31-19(16)34(21)13-22(23,24)25/h10-11,14H,4-9,12-13H2,1-3H3,(H,26,27,28)/t14-/m1/s1. The molecule has 13 nitrogen and oxygen atoms in total. The molecule has 5 rings (SSSR count). The molecule has 0 aromatic carbocycles. The van der Waals surface area contributed by atoms with Gasteiger partial charge >= 0.3 is 6.18 Å². The topological polar surface area (TPSA) is 134 Å². The molecule has 17 heteroatoms. The van der Waals surface area contributed by atoms with Crippen LogP contribution in [0.1, 0.15) is 6.92 Å². The maximum atomic E-state index is 13.9. The van der Waals surface area contributed by atoms with Crippen molar-refractivity contribution in [3.63, 3.8) is 0 Å². The van der Waals surface area contributed by atoms with Crippen LogP contribution >= 0.6 is 0 Å². The third-order valence-electron chi connectivity index (χ3n) is 6.61. The number of nitrogens with one attached hydrogen (secondary N) is 1. The Labute approximate surface area is 223 Å². The lowest BCUT2D eigenvalue weighted by Gasteiger charge is -2.38. The minimum atomic E-state index is -4.57. The summed E-state index contributed by atoms with van der Waals surface area (Å²) in [5.41, 5.74) is 0.678. The van der Waals surface area contributed by atoms with Crippen molar-refractivity contribution in [3.8, 4) is 11.4 Å². The van der Waals surface area contributed by atoms with Crippen LogP contribution in [0.5, 0.6) is 0 Å². The van der Waals surface area contributed by atoms with Crippen molar-refractivity contribution in [1.82, 2.24) is 33.8 Å². The molecule has 3 aromatic heterocycles. The molecular weight excluding hydrogens is 541 g/mol. The van der Waals surface area contributed by atoms with E-state index in [1.807, 2.05) is 4.90 Å². The molecule has 1 N–H and O–H groups in total. The van der Waals surface area contributed by atoms with Crippen LogP contribution in [0.2, 0.25) is 0 Å². The van der Waals surface area contributed by atoms with Crippen molar-refractivity contribution in [2.24, 2.45) is 0 Å². The number of ether oxygens (including phenoxy) is 1. The SMILES string of the molecule is CNc1ncc(-c2nc(N3CCOCC3)c3nc(N4CCN(S(C)(=O)=O)[C@H](C)C4)n(CC(F)(F)F)c3n2)cn1. The number of hydrogen-bond donors (Lipinski definition) is 1. The number of halogens is 3. The number of imidazole rings is 1. The van der Waals surface area contributed by atoms with Crippen molar-refractivity contribution in [3.05, 3.63) is 12.4 Å². The number of hydrogen-bond acceptors (Lipinski definition) is 11. The zero-order valence-corrected chi connectivity index (χ0v) is 22.5. The van der Waals surface area contributed by atoms with E-state index in [1.54, 1.807) is 18.9 Å². The Morgan fingerprint density at radius 1 is 1.05 bits per heavy atom. The van der Waals surface area contributed by atoms with E-state index < -0.39 is 28.8 Å². The number of anilines is 3. The first-order chi connectivity index (χ1) is 18.4. The first kappa shape index (κ1) is 27.3. The van der Waals surface area contributed by atoms with Crippen molar-refractivity contribution in [2.75, 3.05) is 74.4 Å². The first-order valence-electron chi connectivity index (χ1n) is 12.3. The minimum Gasteiger partial charge on any atom is -0.378 e. The lowest BCUT2D eigenvalue weighted by atomic mass is 10.2. The van der Waals surface area contributed by atoms with Gasteiger partial charge in [-0.3, -0.25) is 4.57 Å². The Kier molecular flexibility index (Phi) is 7.23. The van der Waals surface area contributed by atoms with Crippen LogP contribution in [0.3, 0.4) is 0 Å². The van der Waals surface area contributed by atoms with E-state index in [0.29, 0.717) is 43.6 Å². The molecule has 0 radical (unpaired) electrons. The van der Waals surface area contributed by atoms with Crippen LogP contribution in [0.25, 0.3) is 22.6 Å². The fourth-order valence-electron chi connectivity index (χ4n) is 4.85. The predicted molar refractivity (Wildman–Crippen MR) is 138 cm³/mol. The lowest BCUT2D eigenvalue weighted by Crippen LogP contribution is -2.54. The summed E-state index contributed by atoms with van der Waals surface area (Å²) in [5.74, 6) is 0.989. The van der Waals surface area contributed by atoms with Gasteiger partial charge in [0, 0.05) is 58.2 Å². The molecule has 0 bridgehead atoms. The second kappa shape index (κ2) is 10.3. The molecule has 5 heterocycles. The zero-order valence-electron chi connectivity index (χ0n) is 21.7. The van der Waals surface area contributed by atoms with Gasteiger partial charge in [-0.15, -0.1) is 0 Å². The number of fused-ring (bicyclic) bond motifs is 1. The number of rotatable bonds is 6. The molecule has 2 fully saturated rings. The van der Waals surface area contributed by atoms with Gasteiger partial charge in [0.25, 0.3) is 0 Å². The molecule has 1 atom stereocenters. The molecule has 0 unspecified atom stereocenters. The van der Waals surface area contributed by atoms with Crippen LogP contribution in [-0.4, -0.2) is 114 Å². The summed E-state index contributed by atoms with van der Waals surface area (Å²) >= 11 is 0. The highest BCUT2D eigenvalue weighted by Crippen LogP contribution is 2.34. The van der Waals surface area contributed by atoms with Gasteiger partial charge in [-0.05, 0) is 6.92 Å². The zero-order chi connectivity index (χ0) is 27.9. The number of aromatic nitrogens is 6. The lowest BCUT2D eigenvalue weighted by molar-refractivity contribution is -0.139. The van der Waals surface area contributed by atoms with E-state index in [2.05, 4.69) is 25.3 Å². The van der Waals surface area contributed by atoms with E-state index in [0.717, 1.165) is 10.8 Å². The highest BCUT2D eigenvalue weighted by molar-refractivity contribution is 7.88. The number of alkyl halides is 3. The Bertz CT molecular complexity index is 1440. The average Bonchev–Trinajstić information content (AvgIpc) is 3.24. The van der Waals surface area contributed by atoms with Crippen LogP contribution in [0, 0.1) is 0 Å². The third-order valence-corrected chi connectivity index (χ3v) is 8.01. The van der Waals surface area contributed by atoms with E-state index in [9.17, 15) is 21.6 Å². The molecule has 0 spiro atoms. The summed E-state index contributed by atoms with van der Waals surface area (Å²) in [6, 6.07) is -0.462. The minimum absolute atomic E-state index is 0.0182. The second-order valence-electron chi connectivity index (χ2n) is 9.47. The first-order valence-corrected chi connectivity index (χ1v) is 14.2. The summed E-state index contributed by atoms with van der Waals surface area (Å²) in [6.45, 7) is 2.68. The normalized spacial score (nSPS) is 19.6. The van der Waals surface area contributed by atoms with Gasteiger partial charge in [0.2, 0.25) is 21.9 Å². The molecule has 2 aliphatic heterocycles. The maximum absolute atomic E-state index is 13.9. The highest BCUT2D eigenvalue weighted by atomic mass is 32.2. The third kappa shape index (κ3) is 5.69. The van der Waals surface area contributed by atoms with Gasteiger partial charge in [-0.2, -0.15) is 17.5 Å². The van der Waals surface area contributed by atoms with Crippen molar-refractivity contribution in [1.29, 1.82) is 0 Å². The molecule has 0 amide bonds. The number of piperazine rings is 1. The van der Waals surface area contributed by atoms with Crippen LogP contribution < -0.4 is 15.1 Å². The molecule has 39 heavy (non-hydrogen) atoms. The van der Waals surface area contributed by atoms with Gasteiger partial charge in [0.15, 0.2) is 22.8 Å². The number of sulfonamides is 1. The number of nitrogens with zero attached hydrogens (tertiary/aromatic N) is 9. The van der Waals surface area contributed by atoms with Crippen LogP contribution in [0.15, 0.2) is 12.4 Å². The highest BCUT2D eigenvalue weighted by Gasteiger charge is 2.36. The summed E-state index contributed by atoms with van der Waals surface area (Å²) in [4.78, 5) is 25.9. The van der Waals surface area contributed by atoms with Crippen molar-refractivity contribution in [2.45, 2.75) is 25.7 Å². The summed E-state index contributed by atoms with van der Waals surface area (Å²) in [6.07, 6.45) is -0.442. The van der Waals surface area contributed by atoms with E-state index in [4.69, 9.17) is 9.72 Å². The van der Waals surface area contributed by atoms with Crippen LogP contribution in [0.4, 0.5) is 30.9 Å². The van der Waals surface area contributed by atoms with E-state index in [1.165, 1.54) is 16.7 Å². The van der Waals surface area contributed by atoms with Gasteiger partial charge in [-0.25, -0.2) is 33.3 Å². The maximum Gasteiger partial charge on any atom is 0.406 e. The fourth-order valence-corrected chi connectivity index (χ4v) is 5.99.